The first kappa shape index (κ1) is 10.8. The molecule has 0 saturated carbocycles. The fourth-order valence-electron chi connectivity index (χ4n) is 1.87. The summed E-state index contributed by atoms with van der Waals surface area (Å²) in [4.78, 5) is 0. The predicted octanol–water partition coefficient (Wildman–Crippen LogP) is 2.93. The van der Waals surface area contributed by atoms with Crippen LogP contribution in [0.15, 0.2) is 36.7 Å². The van der Waals surface area contributed by atoms with Crippen LogP contribution in [0.25, 0.3) is 0 Å². The molecule has 0 bridgehead atoms. The van der Waals surface area contributed by atoms with E-state index in [0.29, 0.717) is 0 Å². The third-order valence-electron chi connectivity index (χ3n) is 2.95. The number of hydrogen-bond acceptors (Lipinski definition) is 1. The molecule has 2 aromatic rings. The van der Waals surface area contributed by atoms with E-state index in [2.05, 4.69) is 36.9 Å². The highest BCUT2D eigenvalue weighted by molar-refractivity contribution is 5.40. The van der Waals surface area contributed by atoms with Gasteiger partial charge in [0.2, 0.25) is 0 Å². The first-order chi connectivity index (χ1) is 7.65. The van der Waals surface area contributed by atoms with Gasteiger partial charge in [0.15, 0.2) is 0 Å². The standard InChI is InChI=1S/C14H18N2/c1-11-9-16(10-12(11)2)7-6-13-4-3-5-14(15)8-13/h3-5,8-10H,6-7,15H2,1-2H3. The Morgan fingerprint density at radius 3 is 2.44 bits per heavy atom. The number of benzene rings is 1. The number of nitrogens with two attached hydrogens (primary N) is 1. The highest BCUT2D eigenvalue weighted by Crippen LogP contribution is 2.11. The van der Waals surface area contributed by atoms with Gasteiger partial charge in [0.1, 0.15) is 0 Å². The molecule has 0 aliphatic heterocycles. The Labute approximate surface area is 96.7 Å². The van der Waals surface area contributed by atoms with Crippen LogP contribution >= 0.6 is 0 Å². The van der Waals surface area contributed by atoms with E-state index >= 15 is 0 Å². The molecule has 1 heterocycles. The second-order valence-corrected chi connectivity index (χ2v) is 4.36. The summed E-state index contributed by atoms with van der Waals surface area (Å²) in [6.45, 7) is 5.30. The molecule has 0 aliphatic carbocycles. The Balaban J connectivity index is 2.02. The first-order valence-electron chi connectivity index (χ1n) is 5.62. The number of anilines is 1. The van der Waals surface area contributed by atoms with Crippen molar-refractivity contribution in [1.82, 2.24) is 4.57 Å². The maximum Gasteiger partial charge on any atom is 0.0316 e. The average molecular weight is 214 g/mol. The summed E-state index contributed by atoms with van der Waals surface area (Å²) in [6, 6.07) is 8.10. The maximum absolute atomic E-state index is 5.75. The smallest absolute Gasteiger partial charge is 0.0316 e. The summed E-state index contributed by atoms with van der Waals surface area (Å²) >= 11 is 0. The molecule has 0 saturated heterocycles. The van der Waals surface area contributed by atoms with E-state index < -0.39 is 0 Å². The van der Waals surface area contributed by atoms with Gasteiger partial charge in [-0.3, -0.25) is 0 Å². The van der Waals surface area contributed by atoms with E-state index in [0.717, 1.165) is 18.7 Å². The fourth-order valence-corrected chi connectivity index (χ4v) is 1.87. The van der Waals surface area contributed by atoms with Gasteiger partial charge in [-0.1, -0.05) is 12.1 Å². The molecule has 2 heteroatoms. The lowest BCUT2D eigenvalue weighted by Crippen LogP contribution is -1.99. The normalized spacial score (nSPS) is 10.6. The number of nitrogens with zero attached hydrogens (tertiary/aromatic N) is 1. The van der Waals surface area contributed by atoms with Crippen molar-refractivity contribution in [2.24, 2.45) is 0 Å². The van der Waals surface area contributed by atoms with Crippen LogP contribution in [0.3, 0.4) is 0 Å². The molecule has 0 atom stereocenters. The van der Waals surface area contributed by atoms with Gasteiger partial charge < -0.3 is 10.3 Å². The Morgan fingerprint density at radius 1 is 1.12 bits per heavy atom. The van der Waals surface area contributed by atoms with Gasteiger partial charge in [-0.15, -0.1) is 0 Å². The SMILES string of the molecule is Cc1cn(CCc2cccc(N)c2)cc1C. The van der Waals surface area contributed by atoms with Crippen molar-refractivity contribution in [2.75, 3.05) is 5.73 Å². The topological polar surface area (TPSA) is 30.9 Å². The van der Waals surface area contributed by atoms with Crippen LogP contribution in [0.2, 0.25) is 0 Å². The summed E-state index contributed by atoms with van der Waals surface area (Å²) in [7, 11) is 0. The van der Waals surface area contributed by atoms with Crippen molar-refractivity contribution in [3.05, 3.63) is 53.3 Å². The summed E-state index contributed by atoms with van der Waals surface area (Å²) in [6.07, 6.45) is 5.42. The molecular formula is C14H18N2. The predicted molar refractivity (Wildman–Crippen MR) is 68.5 cm³/mol. The van der Waals surface area contributed by atoms with E-state index in [1.54, 1.807) is 0 Å². The average Bonchev–Trinajstić information content (AvgIpc) is 2.56. The number of nitrogen functional groups attached to an aromatic ring is 1. The zero-order valence-corrected chi connectivity index (χ0v) is 9.90. The zero-order chi connectivity index (χ0) is 11.5. The van der Waals surface area contributed by atoms with Gasteiger partial charge in [-0.05, 0) is 49.1 Å². The summed E-state index contributed by atoms with van der Waals surface area (Å²) in [5.74, 6) is 0. The van der Waals surface area contributed by atoms with Crippen molar-refractivity contribution in [3.63, 3.8) is 0 Å². The van der Waals surface area contributed by atoms with E-state index in [1.165, 1.54) is 16.7 Å². The largest absolute Gasteiger partial charge is 0.399 e. The van der Waals surface area contributed by atoms with Gasteiger partial charge >= 0.3 is 0 Å². The lowest BCUT2D eigenvalue weighted by Gasteiger charge is -2.04. The van der Waals surface area contributed by atoms with Crippen LogP contribution in [0, 0.1) is 13.8 Å². The number of rotatable bonds is 3. The van der Waals surface area contributed by atoms with Gasteiger partial charge in [0.05, 0.1) is 0 Å². The molecule has 1 aromatic carbocycles. The van der Waals surface area contributed by atoms with E-state index in [1.807, 2.05) is 18.2 Å². The molecule has 2 N–H and O–H groups in total. The number of hydrogen-bond donors (Lipinski definition) is 1. The van der Waals surface area contributed by atoms with E-state index in [9.17, 15) is 0 Å². The highest BCUT2D eigenvalue weighted by Gasteiger charge is 1.99. The van der Waals surface area contributed by atoms with Crippen LogP contribution in [0.4, 0.5) is 5.69 Å². The van der Waals surface area contributed by atoms with E-state index in [-0.39, 0.29) is 0 Å². The monoisotopic (exact) mass is 214 g/mol. The van der Waals surface area contributed by atoms with Crippen LogP contribution in [0.5, 0.6) is 0 Å². The quantitative estimate of drug-likeness (QED) is 0.782. The molecule has 0 spiro atoms. The van der Waals surface area contributed by atoms with Crippen molar-refractivity contribution >= 4 is 5.69 Å². The van der Waals surface area contributed by atoms with Crippen molar-refractivity contribution in [1.29, 1.82) is 0 Å². The first-order valence-corrected chi connectivity index (χ1v) is 5.62. The lowest BCUT2D eigenvalue weighted by molar-refractivity contribution is 0.699. The third-order valence-corrected chi connectivity index (χ3v) is 2.95. The molecule has 16 heavy (non-hydrogen) atoms. The molecular weight excluding hydrogens is 196 g/mol. The summed E-state index contributed by atoms with van der Waals surface area (Å²) in [5.41, 5.74) is 10.6. The molecule has 0 aliphatic rings. The van der Waals surface area contributed by atoms with Crippen LogP contribution in [-0.2, 0) is 13.0 Å². The Bertz CT molecular complexity index is 464. The summed E-state index contributed by atoms with van der Waals surface area (Å²) < 4.78 is 2.24. The van der Waals surface area contributed by atoms with Gasteiger partial charge in [-0.25, -0.2) is 0 Å². The molecule has 0 unspecified atom stereocenters. The van der Waals surface area contributed by atoms with E-state index in [4.69, 9.17) is 5.73 Å². The second-order valence-electron chi connectivity index (χ2n) is 4.36. The summed E-state index contributed by atoms with van der Waals surface area (Å²) in [5, 5.41) is 0. The fraction of sp³-hybridized carbons (Fsp3) is 0.286. The highest BCUT2D eigenvalue weighted by atomic mass is 14.9. The van der Waals surface area contributed by atoms with Crippen LogP contribution < -0.4 is 5.73 Å². The van der Waals surface area contributed by atoms with Crippen molar-refractivity contribution in [3.8, 4) is 0 Å². The van der Waals surface area contributed by atoms with Gasteiger partial charge in [0.25, 0.3) is 0 Å². The molecule has 2 rings (SSSR count). The molecule has 0 fully saturated rings. The number of aromatic nitrogens is 1. The van der Waals surface area contributed by atoms with Crippen LogP contribution in [-0.4, -0.2) is 4.57 Å². The molecule has 0 amide bonds. The minimum absolute atomic E-state index is 0.845. The van der Waals surface area contributed by atoms with Crippen molar-refractivity contribution in [2.45, 2.75) is 26.8 Å². The molecule has 2 nitrogen and oxygen atoms in total. The molecule has 1 aromatic heterocycles. The minimum Gasteiger partial charge on any atom is -0.399 e. The number of aryl methyl sites for hydroxylation is 4. The zero-order valence-electron chi connectivity index (χ0n) is 9.90. The Morgan fingerprint density at radius 2 is 1.81 bits per heavy atom. The van der Waals surface area contributed by atoms with Gasteiger partial charge in [-0.2, -0.15) is 0 Å². The molecule has 84 valence electrons. The van der Waals surface area contributed by atoms with Gasteiger partial charge in [0, 0.05) is 24.6 Å². The second kappa shape index (κ2) is 4.44. The third kappa shape index (κ3) is 2.45. The Kier molecular flexibility index (Phi) is 3.00. The Hall–Kier alpha value is -1.70. The molecule has 0 radical (unpaired) electrons. The van der Waals surface area contributed by atoms with Crippen molar-refractivity contribution < 1.29 is 0 Å². The lowest BCUT2D eigenvalue weighted by atomic mass is 10.1. The van der Waals surface area contributed by atoms with Crippen LogP contribution in [0.1, 0.15) is 16.7 Å². The minimum atomic E-state index is 0.845. The maximum atomic E-state index is 5.75.